The Labute approximate surface area is 120 Å². The average Bonchev–Trinajstić information content (AvgIpc) is 2.04. The van der Waals surface area contributed by atoms with Crippen LogP contribution in [-0.4, -0.2) is 0 Å². The van der Waals surface area contributed by atoms with Crippen LogP contribution < -0.4 is 57.1 Å². The molecule has 1 nitrogen and oxygen atoms in total. The van der Waals surface area contributed by atoms with Crippen LogP contribution in [0.4, 0.5) is 0 Å². The van der Waals surface area contributed by atoms with Gasteiger partial charge < -0.3 is 13.2 Å². The molecule has 0 saturated heterocycles. The van der Waals surface area contributed by atoms with Crippen molar-refractivity contribution in [2.24, 2.45) is 5.73 Å². The van der Waals surface area contributed by atoms with Gasteiger partial charge in [-0.15, -0.1) is 0 Å². The van der Waals surface area contributed by atoms with Crippen LogP contribution in [0.1, 0.15) is 20.8 Å². The molecule has 0 heterocycles. The van der Waals surface area contributed by atoms with Gasteiger partial charge in [0.1, 0.15) is 0 Å². The van der Waals surface area contributed by atoms with Crippen LogP contribution in [0.15, 0.2) is 30.5 Å². The summed E-state index contributed by atoms with van der Waals surface area (Å²) in [7, 11) is 0. The molecular weight excluding hydrogens is 173 g/mol. The maximum Gasteiger partial charge on any atom is 1.00 e. The van der Waals surface area contributed by atoms with Crippen LogP contribution in [-0.2, 0) is 0 Å². The van der Waals surface area contributed by atoms with Crippen LogP contribution in [0.2, 0.25) is 0 Å². The van der Waals surface area contributed by atoms with Gasteiger partial charge in [0.05, 0.1) is 0 Å². The van der Waals surface area contributed by atoms with Gasteiger partial charge in [0.25, 0.3) is 0 Å². The minimum Gasteiger partial charge on any atom is -0.414 e. The molecule has 0 radical (unpaired) electrons. The molecule has 2 N–H and O–H groups in total. The van der Waals surface area contributed by atoms with E-state index in [9.17, 15) is 0 Å². The molecule has 0 rings (SSSR count). The number of rotatable bonds is 2. The molecule has 66 valence electrons. The van der Waals surface area contributed by atoms with E-state index < -0.39 is 0 Å². The molecular formula is C10H19KN-. The molecule has 12 heavy (non-hydrogen) atoms. The molecule has 0 saturated carbocycles. The first-order valence-corrected chi connectivity index (χ1v) is 3.42. The van der Waals surface area contributed by atoms with Crippen molar-refractivity contribution in [2.75, 3.05) is 0 Å². The maximum absolute atomic E-state index is 5.37. The second-order valence-electron chi connectivity index (χ2n) is 1.33. The van der Waals surface area contributed by atoms with Gasteiger partial charge in [-0.3, -0.25) is 6.08 Å². The Morgan fingerprint density at radius 2 is 1.83 bits per heavy atom. The quantitative estimate of drug-likeness (QED) is 0.368. The summed E-state index contributed by atoms with van der Waals surface area (Å²) >= 11 is 0. The van der Waals surface area contributed by atoms with E-state index in [2.05, 4.69) is 12.7 Å². The third kappa shape index (κ3) is 22.4. The molecule has 2 heteroatoms. The first-order valence-electron chi connectivity index (χ1n) is 3.42. The van der Waals surface area contributed by atoms with E-state index in [1.807, 2.05) is 26.8 Å². The monoisotopic (exact) mass is 192 g/mol. The topological polar surface area (TPSA) is 26.0 Å². The average molecular weight is 192 g/mol. The van der Waals surface area contributed by atoms with Crippen molar-refractivity contribution in [1.82, 2.24) is 0 Å². The van der Waals surface area contributed by atoms with Crippen molar-refractivity contribution < 1.29 is 51.4 Å². The Hall–Kier alpha value is 0.656. The number of hydrogen-bond donors (Lipinski definition) is 1. The predicted molar refractivity (Wildman–Crippen MR) is 53.7 cm³/mol. The molecule has 0 spiro atoms. The molecule has 0 aliphatic rings. The number of allylic oxidation sites excluding steroid dienone is 4. The van der Waals surface area contributed by atoms with E-state index in [1.54, 1.807) is 12.2 Å². The molecule has 0 aromatic rings. The van der Waals surface area contributed by atoms with Crippen LogP contribution in [0.25, 0.3) is 0 Å². The van der Waals surface area contributed by atoms with Crippen LogP contribution in [0.5, 0.6) is 0 Å². The summed E-state index contributed by atoms with van der Waals surface area (Å²) in [4.78, 5) is 0. The maximum atomic E-state index is 5.37. The van der Waals surface area contributed by atoms with E-state index in [-0.39, 0.29) is 58.8 Å². The van der Waals surface area contributed by atoms with Crippen LogP contribution >= 0.6 is 0 Å². The SMILES string of the molecule is C=[C-]/C=C\C(N)=C/C.CC.[CH3-].[K+]. The minimum atomic E-state index is 0. The Bertz CT molecular complexity index is 126. The molecule has 0 fully saturated rings. The number of nitrogens with two attached hydrogens (primary N) is 1. The van der Waals surface area contributed by atoms with E-state index in [0.29, 0.717) is 0 Å². The van der Waals surface area contributed by atoms with Crippen molar-refractivity contribution in [1.29, 1.82) is 0 Å². The third-order valence-corrected chi connectivity index (χ3v) is 0.727. The van der Waals surface area contributed by atoms with Gasteiger partial charge in [-0.05, 0) is 6.92 Å². The first-order chi connectivity index (χ1) is 4.81. The van der Waals surface area contributed by atoms with Crippen molar-refractivity contribution in [3.05, 3.63) is 44.0 Å². The zero-order chi connectivity index (χ0) is 8.41. The van der Waals surface area contributed by atoms with Gasteiger partial charge in [-0.2, -0.15) is 12.7 Å². The van der Waals surface area contributed by atoms with Crippen molar-refractivity contribution in [3.63, 3.8) is 0 Å². The fourth-order valence-electron chi connectivity index (χ4n) is 0.251. The van der Waals surface area contributed by atoms with Gasteiger partial charge in [0, 0.05) is 0 Å². The van der Waals surface area contributed by atoms with Gasteiger partial charge in [-0.25, -0.2) is 6.08 Å². The number of hydrogen-bond acceptors (Lipinski definition) is 1. The zero-order valence-corrected chi connectivity index (χ0v) is 12.1. The van der Waals surface area contributed by atoms with Gasteiger partial charge in [-0.1, -0.05) is 25.6 Å². The fourth-order valence-corrected chi connectivity index (χ4v) is 0.251. The molecule has 0 aliphatic carbocycles. The third-order valence-electron chi connectivity index (χ3n) is 0.727. The summed E-state index contributed by atoms with van der Waals surface area (Å²) in [6.45, 7) is 9.25. The smallest absolute Gasteiger partial charge is 0.414 e. The molecule has 0 aromatic carbocycles. The summed E-state index contributed by atoms with van der Waals surface area (Å²) in [5, 5.41) is 0. The van der Waals surface area contributed by atoms with Crippen LogP contribution in [0.3, 0.4) is 0 Å². The Balaban J connectivity index is -0.0000000740. The van der Waals surface area contributed by atoms with E-state index in [1.165, 1.54) is 0 Å². The molecule has 0 unspecified atom stereocenters. The zero-order valence-electron chi connectivity index (χ0n) is 9.02. The summed E-state index contributed by atoms with van der Waals surface area (Å²) in [5.41, 5.74) is 6.10. The Kier molecular flexibility index (Phi) is 43.2. The normalized spacial score (nSPS) is 8.75. The first kappa shape index (κ1) is 22.9. The Morgan fingerprint density at radius 1 is 1.42 bits per heavy atom. The molecule has 0 aromatic heterocycles. The van der Waals surface area contributed by atoms with Crippen molar-refractivity contribution >= 4 is 0 Å². The standard InChI is InChI=1S/C7H10N.C2H6.CH3.K/c1-3-5-6-7(8)4-2;1-2;;/h4-6H,1,8H2,2H3;1-2H3;1H3;/q-1;;-1;+1/b6-5-,7-4+;;;. The van der Waals surface area contributed by atoms with Crippen LogP contribution in [0, 0.1) is 13.5 Å². The fraction of sp³-hybridized carbons (Fsp3) is 0.300. The second kappa shape index (κ2) is 22.6. The van der Waals surface area contributed by atoms with Gasteiger partial charge in [0.15, 0.2) is 0 Å². The molecule has 0 bridgehead atoms. The second-order valence-corrected chi connectivity index (χ2v) is 1.33. The molecule has 0 amide bonds. The molecule has 0 atom stereocenters. The van der Waals surface area contributed by atoms with Crippen molar-refractivity contribution in [2.45, 2.75) is 20.8 Å². The minimum absolute atomic E-state index is 0. The summed E-state index contributed by atoms with van der Waals surface area (Å²) in [6.07, 6.45) is 7.81. The van der Waals surface area contributed by atoms with Crippen molar-refractivity contribution in [3.8, 4) is 0 Å². The Morgan fingerprint density at radius 3 is 2.08 bits per heavy atom. The van der Waals surface area contributed by atoms with Gasteiger partial charge in [0.2, 0.25) is 0 Å². The van der Waals surface area contributed by atoms with E-state index in [4.69, 9.17) is 5.73 Å². The largest absolute Gasteiger partial charge is 1.00 e. The van der Waals surface area contributed by atoms with Gasteiger partial charge >= 0.3 is 51.4 Å². The molecule has 0 aliphatic heterocycles. The predicted octanol–water partition coefficient (Wildman–Crippen LogP) is -0.125. The van der Waals surface area contributed by atoms with E-state index in [0.717, 1.165) is 5.70 Å². The summed E-state index contributed by atoms with van der Waals surface area (Å²) in [6, 6.07) is 0. The van der Waals surface area contributed by atoms with E-state index >= 15 is 0 Å². The summed E-state index contributed by atoms with van der Waals surface area (Å²) in [5.74, 6) is 0. The summed E-state index contributed by atoms with van der Waals surface area (Å²) < 4.78 is 0.